The van der Waals surface area contributed by atoms with E-state index in [9.17, 15) is 18.3 Å². The normalized spacial score (nSPS) is 12.8. The predicted molar refractivity (Wildman–Crippen MR) is 86.0 cm³/mol. The minimum absolute atomic E-state index is 0.107. The number of benzene rings is 1. The molecule has 2 aromatic rings. The number of hydrogen-bond acceptors (Lipinski definition) is 4. The molecule has 0 saturated heterocycles. The number of ether oxygens (including phenoxy) is 1. The van der Waals surface area contributed by atoms with Crippen LogP contribution in [0.3, 0.4) is 0 Å². The zero-order valence-corrected chi connectivity index (χ0v) is 13.7. The maximum absolute atomic E-state index is 12.7. The molecule has 2 rings (SSSR count). The Morgan fingerprint density at radius 1 is 1.21 bits per heavy atom. The van der Waals surface area contributed by atoms with E-state index in [1.165, 1.54) is 0 Å². The number of alkyl halides is 4. The molecule has 0 aliphatic rings. The van der Waals surface area contributed by atoms with Crippen molar-refractivity contribution in [2.45, 2.75) is 12.3 Å². The monoisotopic (exact) mass is 380 g/mol. The SMILES string of the molecule is OC(CCl)CNc1ccc(Oc2cc(C(F)(F)F)cc(Cl)n2)cc1. The molecule has 1 aromatic carbocycles. The van der Waals surface area contributed by atoms with Gasteiger partial charge in [-0.1, -0.05) is 11.6 Å². The van der Waals surface area contributed by atoms with E-state index in [0.29, 0.717) is 11.4 Å². The summed E-state index contributed by atoms with van der Waals surface area (Å²) < 4.78 is 43.5. The molecule has 0 saturated carbocycles. The number of halogens is 5. The van der Waals surface area contributed by atoms with Crippen LogP contribution in [0, 0.1) is 0 Å². The third kappa shape index (κ3) is 5.43. The van der Waals surface area contributed by atoms with Gasteiger partial charge in [0.05, 0.1) is 17.5 Å². The number of hydrogen-bond donors (Lipinski definition) is 2. The predicted octanol–water partition coefficient (Wildman–Crippen LogP) is 4.56. The highest BCUT2D eigenvalue weighted by atomic mass is 35.5. The Morgan fingerprint density at radius 2 is 1.88 bits per heavy atom. The Hall–Kier alpha value is -1.70. The third-order valence-electron chi connectivity index (χ3n) is 2.89. The Morgan fingerprint density at radius 3 is 2.46 bits per heavy atom. The van der Waals surface area contributed by atoms with Crippen LogP contribution in [0.25, 0.3) is 0 Å². The van der Waals surface area contributed by atoms with Gasteiger partial charge < -0.3 is 15.2 Å². The van der Waals surface area contributed by atoms with E-state index in [4.69, 9.17) is 27.9 Å². The highest BCUT2D eigenvalue weighted by Gasteiger charge is 2.31. The number of nitrogens with one attached hydrogen (secondary N) is 1. The van der Waals surface area contributed by atoms with Crippen LogP contribution in [0.15, 0.2) is 36.4 Å². The van der Waals surface area contributed by atoms with Crippen molar-refractivity contribution in [3.63, 3.8) is 0 Å². The lowest BCUT2D eigenvalue weighted by Gasteiger charge is -2.12. The van der Waals surface area contributed by atoms with Crippen molar-refractivity contribution in [2.24, 2.45) is 0 Å². The highest BCUT2D eigenvalue weighted by molar-refractivity contribution is 6.29. The minimum atomic E-state index is -4.54. The lowest BCUT2D eigenvalue weighted by molar-refractivity contribution is -0.137. The summed E-state index contributed by atoms with van der Waals surface area (Å²) in [6, 6.07) is 7.88. The second-order valence-corrected chi connectivity index (χ2v) is 5.53. The molecule has 0 fully saturated rings. The van der Waals surface area contributed by atoms with Gasteiger partial charge in [0.25, 0.3) is 0 Å². The summed E-state index contributed by atoms with van der Waals surface area (Å²) in [5.41, 5.74) is -0.243. The fourth-order valence-electron chi connectivity index (χ4n) is 1.74. The quantitative estimate of drug-likeness (QED) is 0.569. The maximum Gasteiger partial charge on any atom is 0.416 e. The molecule has 0 spiro atoms. The van der Waals surface area contributed by atoms with E-state index in [-0.39, 0.29) is 23.5 Å². The molecule has 2 N–H and O–H groups in total. The second kappa shape index (κ2) is 7.92. The standard InChI is InChI=1S/C15H13Cl2F3N2O2/c16-7-11(23)8-21-10-1-3-12(4-2-10)24-14-6-9(15(18,19)20)5-13(17)22-14/h1-6,11,21,23H,7-8H2. The molecule has 0 radical (unpaired) electrons. The van der Waals surface area contributed by atoms with Crippen molar-refractivity contribution in [1.82, 2.24) is 4.98 Å². The number of aromatic nitrogens is 1. The van der Waals surface area contributed by atoms with Crippen LogP contribution in [0.5, 0.6) is 11.6 Å². The van der Waals surface area contributed by atoms with Crippen LogP contribution in [0.2, 0.25) is 5.15 Å². The van der Waals surface area contributed by atoms with Gasteiger partial charge in [0.1, 0.15) is 10.9 Å². The lowest BCUT2D eigenvalue weighted by atomic mass is 10.2. The molecule has 1 aromatic heterocycles. The Labute approximate surface area is 146 Å². The van der Waals surface area contributed by atoms with Gasteiger partial charge in [-0.05, 0) is 30.3 Å². The largest absolute Gasteiger partial charge is 0.439 e. The topological polar surface area (TPSA) is 54.4 Å². The number of pyridine rings is 1. The van der Waals surface area contributed by atoms with E-state index in [0.717, 1.165) is 12.1 Å². The number of aliphatic hydroxyl groups is 1. The maximum atomic E-state index is 12.7. The highest BCUT2D eigenvalue weighted by Crippen LogP contribution is 2.33. The van der Waals surface area contributed by atoms with Gasteiger partial charge in [-0.2, -0.15) is 13.2 Å². The van der Waals surface area contributed by atoms with E-state index in [1.54, 1.807) is 24.3 Å². The first kappa shape index (κ1) is 18.6. The molecule has 1 atom stereocenters. The molecule has 0 bridgehead atoms. The van der Waals surface area contributed by atoms with E-state index < -0.39 is 17.8 Å². The van der Waals surface area contributed by atoms with Gasteiger partial charge in [0.15, 0.2) is 0 Å². The van der Waals surface area contributed by atoms with E-state index in [2.05, 4.69) is 10.3 Å². The Kier molecular flexibility index (Phi) is 6.15. The Bertz CT molecular complexity index is 681. The number of rotatable bonds is 6. The van der Waals surface area contributed by atoms with Gasteiger partial charge in [-0.25, -0.2) is 4.98 Å². The summed E-state index contributed by atoms with van der Waals surface area (Å²) in [6.45, 7) is 0.272. The first-order valence-electron chi connectivity index (χ1n) is 6.78. The van der Waals surface area contributed by atoms with Crippen molar-refractivity contribution in [3.05, 3.63) is 47.1 Å². The van der Waals surface area contributed by atoms with Gasteiger partial charge in [0, 0.05) is 18.3 Å². The average Bonchev–Trinajstić information content (AvgIpc) is 2.52. The zero-order chi connectivity index (χ0) is 17.7. The van der Waals surface area contributed by atoms with Crippen LogP contribution in [-0.4, -0.2) is 28.6 Å². The van der Waals surface area contributed by atoms with Crippen LogP contribution >= 0.6 is 23.2 Å². The molecule has 0 aliphatic heterocycles. The molecule has 24 heavy (non-hydrogen) atoms. The van der Waals surface area contributed by atoms with Crippen LogP contribution in [0.4, 0.5) is 18.9 Å². The summed E-state index contributed by atoms with van der Waals surface area (Å²) >= 11 is 11.1. The van der Waals surface area contributed by atoms with Crippen molar-refractivity contribution in [1.29, 1.82) is 0 Å². The number of aliphatic hydroxyl groups excluding tert-OH is 1. The van der Waals surface area contributed by atoms with Crippen molar-refractivity contribution >= 4 is 28.9 Å². The summed E-state index contributed by atoms with van der Waals surface area (Å²) in [5, 5.41) is 12.0. The summed E-state index contributed by atoms with van der Waals surface area (Å²) in [4.78, 5) is 3.72. The minimum Gasteiger partial charge on any atom is -0.439 e. The summed E-state index contributed by atoms with van der Waals surface area (Å²) in [6.07, 6.45) is -5.22. The van der Waals surface area contributed by atoms with Gasteiger partial charge in [-0.3, -0.25) is 0 Å². The molecule has 130 valence electrons. The molecule has 9 heteroatoms. The molecule has 4 nitrogen and oxygen atoms in total. The summed E-state index contributed by atoms with van der Waals surface area (Å²) in [7, 11) is 0. The molecule has 1 unspecified atom stereocenters. The van der Waals surface area contributed by atoms with E-state index >= 15 is 0 Å². The average molecular weight is 381 g/mol. The van der Waals surface area contributed by atoms with Crippen LogP contribution < -0.4 is 10.1 Å². The fraction of sp³-hybridized carbons (Fsp3) is 0.267. The molecule has 0 amide bonds. The second-order valence-electron chi connectivity index (χ2n) is 4.83. The zero-order valence-electron chi connectivity index (χ0n) is 12.1. The molecular formula is C15H13Cl2F3N2O2. The molecule has 0 aliphatic carbocycles. The molecule has 1 heterocycles. The van der Waals surface area contributed by atoms with E-state index in [1.807, 2.05) is 0 Å². The van der Waals surface area contributed by atoms with Crippen molar-refractivity contribution < 1.29 is 23.0 Å². The smallest absolute Gasteiger partial charge is 0.416 e. The van der Waals surface area contributed by atoms with Crippen LogP contribution in [0.1, 0.15) is 5.56 Å². The number of anilines is 1. The van der Waals surface area contributed by atoms with Crippen LogP contribution in [-0.2, 0) is 6.18 Å². The lowest BCUT2D eigenvalue weighted by Crippen LogP contribution is -2.20. The van der Waals surface area contributed by atoms with Gasteiger partial charge >= 0.3 is 6.18 Å². The van der Waals surface area contributed by atoms with Gasteiger partial charge in [-0.15, -0.1) is 11.6 Å². The number of nitrogens with zero attached hydrogens (tertiary/aromatic N) is 1. The molecular weight excluding hydrogens is 368 g/mol. The Balaban J connectivity index is 2.07. The van der Waals surface area contributed by atoms with Gasteiger partial charge in [0.2, 0.25) is 5.88 Å². The first-order chi connectivity index (χ1) is 11.3. The fourth-order valence-corrected chi connectivity index (χ4v) is 2.05. The summed E-state index contributed by atoms with van der Waals surface area (Å²) in [5.74, 6) is 0.144. The third-order valence-corrected chi connectivity index (χ3v) is 3.44. The first-order valence-corrected chi connectivity index (χ1v) is 7.70. The van der Waals surface area contributed by atoms with Crippen molar-refractivity contribution in [2.75, 3.05) is 17.7 Å². The van der Waals surface area contributed by atoms with Crippen molar-refractivity contribution in [3.8, 4) is 11.6 Å².